The Bertz CT molecular complexity index is 663. The number of hydrogen-bond acceptors (Lipinski definition) is 0. The topological polar surface area (TPSA) is 0 Å². The van der Waals surface area contributed by atoms with Crippen molar-refractivity contribution in [3.8, 4) is 0 Å². The second kappa shape index (κ2) is 6.48. The minimum atomic E-state index is -10.7. The molecule has 0 unspecified atom stereocenters. The standard InChI is InChI=1S/C16H18I.F6P/c1-16(2,3)14-11-7-8-12-15(14)17-13-9-5-4-6-10-13;1-7(2,3,4,5)6/h4-12H,1-3H3;/q+1;-1. The summed E-state index contributed by atoms with van der Waals surface area (Å²) in [4.78, 5) is 0. The molecule has 0 aliphatic rings. The van der Waals surface area contributed by atoms with E-state index in [2.05, 4.69) is 75.4 Å². The Morgan fingerprint density at radius 2 is 1.12 bits per heavy atom. The van der Waals surface area contributed by atoms with E-state index in [0.29, 0.717) is 0 Å². The van der Waals surface area contributed by atoms with Crippen molar-refractivity contribution in [3.05, 3.63) is 67.3 Å². The summed E-state index contributed by atoms with van der Waals surface area (Å²) in [6.07, 6.45) is 0. The molecule has 0 amide bonds. The zero-order chi connectivity index (χ0) is 18.7. The summed E-state index contributed by atoms with van der Waals surface area (Å²) < 4.78 is 62.2. The van der Waals surface area contributed by atoms with Gasteiger partial charge >= 0.3 is 54.2 Å². The SMILES string of the molecule is CC(C)(C)c1ccccc1[I+]c1ccccc1.F[P-](F)(F)(F)(F)F. The van der Waals surface area contributed by atoms with Crippen LogP contribution in [0.25, 0.3) is 0 Å². The van der Waals surface area contributed by atoms with Gasteiger partial charge in [0.2, 0.25) is 0 Å². The van der Waals surface area contributed by atoms with Crippen molar-refractivity contribution >= 4 is 7.81 Å². The third-order valence-electron chi connectivity index (χ3n) is 2.63. The molecule has 0 nitrogen and oxygen atoms in total. The molecule has 0 bridgehead atoms. The van der Waals surface area contributed by atoms with Crippen LogP contribution in [0.5, 0.6) is 0 Å². The fraction of sp³-hybridized carbons (Fsp3) is 0.250. The zero-order valence-electron chi connectivity index (χ0n) is 13.3. The Hall–Kier alpha value is -0.820. The maximum atomic E-state index is 9.87. The van der Waals surface area contributed by atoms with Gasteiger partial charge in [-0.2, -0.15) is 0 Å². The van der Waals surface area contributed by atoms with Crippen LogP contribution < -0.4 is 21.2 Å². The van der Waals surface area contributed by atoms with Crippen LogP contribution in [0.1, 0.15) is 26.3 Å². The second-order valence-electron chi connectivity index (χ2n) is 6.08. The van der Waals surface area contributed by atoms with Gasteiger partial charge in [0, 0.05) is 5.56 Å². The molecule has 0 fully saturated rings. The molecular formula is C16H18F6IP. The van der Waals surface area contributed by atoms with Crippen molar-refractivity contribution in [2.24, 2.45) is 0 Å². The van der Waals surface area contributed by atoms with Gasteiger partial charge in [-0.3, -0.25) is 0 Å². The first-order valence-corrected chi connectivity index (χ1v) is 11.1. The van der Waals surface area contributed by atoms with Crippen LogP contribution in [0.2, 0.25) is 0 Å². The minimum absolute atomic E-state index is 0.0589. The molecule has 0 aliphatic heterocycles. The molecule has 0 saturated heterocycles. The van der Waals surface area contributed by atoms with Crippen LogP contribution in [0.3, 0.4) is 0 Å². The number of benzene rings is 2. The molecule has 136 valence electrons. The molecule has 0 saturated carbocycles. The molecular weight excluding hydrogens is 464 g/mol. The summed E-state index contributed by atoms with van der Waals surface area (Å²) in [5.41, 5.74) is 1.74. The predicted molar refractivity (Wildman–Crippen MR) is 82.5 cm³/mol. The van der Waals surface area contributed by atoms with E-state index in [0.717, 1.165) is 0 Å². The molecule has 0 aromatic heterocycles. The first-order chi connectivity index (χ1) is 10.5. The molecule has 24 heavy (non-hydrogen) atoms. The van der Waals surface area contributed by atoms with Gasteiger partial charge in [-0.05, 0) is 23.6 Å². The van der Waals surface area contributed by atoms with E-state index in [4.69, 9.17) is 0 Å². The van der Waals surface area contributed by atoms with Gasteiger partial charge in [-0.1, -0.05) is 57.2 Å². The van der Waals surface area contributed by atoms with Crippen LogP contribution in [0.4, 0.5) is 25.2 Å². The van der Waals surface area contributed by atoms with Crippen molar-refractivity contribution in [1.82, 2.24) is 0 Å². The van der Waals surface area contributed by atoms with E-state index in [-0.39, 0.29) is 26.6 Å². The van der Waals surface area contributed by atoms with Crippen LogP contribution in [-0.2, 0) is 5.41 Å². The summed E-state index contributed by atoms with van der Waals surface area (Å²) in [5, 5.41) is 0. The van der Waals surface area contributed by atoms with E-state index in [9.17, 15) is 25.2 Å². The fourth-order valence-corrected chi connectivity index (χ4v) is 4.86. The van der Waals surface area contributed by atoms with Gasteiger partial charge in [0.25, 0.3) is 0 Å². The summed E-state index contributed by atoms with van der Waals surface area (Å²) in [6.45, 7) is 6.88. The summed E-state index contributed by atoms with van der Waals surface area (Å²) in [5.74, 6) is 0. The average molecular weight is 482 g/mol. The van der Waals surface area contributed by atoms with Gasteiger partial charge in [0.15, 0.2) is 7.14 Å². The second-order valence-corrected chi connectivity index (χ2v) is 10.9. The monoisotopic (exact) mass is 482 g/mol. The molecule has 2 aromatic rings. The first-order valence-electron chi connectivity index (χ1n) is 6.88. The predicted octanol–water partition coefficient (Wildman–Crippen LogP) is 4.49. The van der Waals surface area contributed by atoms with Gasteiger partial charge in [-0.15, -0.1) is 0 Å². The number of rotatable bonds is 2. The van der Waals surface area contributed by atoms with Crippen molar-refractivity contribution in [2.45, 2.75) is 26.2 Å². The van der Waals surface area contributed by atoms with Gasteiger partial charge in [-0.25, -0.2) is 0 Å². The molecule has 0 spiro atoms. The van der Waals surface area contributed by atoms with E-state index < -0.39 is 7.81 Å². The maximum absolute atomic E-state index is 10.7. The van der Waals surface area contributed by atoms with Crippen molar-refractivity contribution in [2.75, 3.05) is 0 Å². The normalized spacial score (nSPS) is 14.9. The Morgan fingerprint density at radius 3 is 1.58 bits per heavy atom. The fourth-order valence-electron chi connectivity index (χ4n) is 1.75. The molecule has 0 N–H and O–H groups in total. The molecule has 2 aromatic carbocycles. The third-order valence-corrected chi connectivity index (χ3v) is 5.49. The molecule has 8 heteroatoms. The van der Waals surface area contributed by atoms with Gasteiger partial charge < -0.3 is 0 Å². The summed E-state index contributed by atoms with van der Waals surface area (Å²) in [6, 6.07) is 19.7. The Morgan fingerprint density at radius 1 is 0.708 bits per heavy atom. The third kappa shape index (κ3) is 10.9. The van der Waals surface area contributed by atoms with E-state index in [1.165, 1.54) is 9.13 Å². The zero-order valence-corrected chi connectivity index (χ0v) is 16.3. The van der Waals surface area contributed by atoms with Crippen molar-refractivity contribution in [1.29, 1.82) is 0 Å². The van der Waals surface area contributed by atoms with Crippen LogP contribution in [0.15, 0.2) is 54.6 Å². The van der Waals surface area contributed by atoms with Gasteiger partial charge in [0.1, 0.15) is 0 Å². The molecule has 0 heterocycles. The van der Waals surface area contributed by atoms with E-state index in [1.807, 2.05) is 0 Å². The Kier molecular flexibility index (Phi) is 5.73. The molecule has 0 atom stereocenters. The number of halogens is 7. The van der Waals surface area contributed by atoms with E-state index in [1.54, 1.807) is 3.57 Å². The van der Waals surface area contributed by atoms with E-state index >= 15 is 0 Å². The number of hydrogen-bond donors (Lipinski definition) is 0. The quantitative estimate of drug-likeness (QED) is 0.336. The van der Waals surface area contributed by atoms with Crippen molar-refractivity contribution < 1.29 is 46.4 Å². The summed E-state index contributed by atoms with van der Waals surface area (Å²) in [7, 11) is -10.7. The van der Waals surface area contributed by atoms with Crippen LogP contribution in [0, 0.1) is 7.14 Å². The van der Waals surface area contributed by atoms with Crippen LogP contribution in [-0.4, -0.2) is 0 Å². The van der Waals surface area contributed by atoms with Crippen LogP contribution >= 0.6 is 7.81 Å². The Labute approximate surface area is 147 Å². The Balaban J connectivity index is 0.000000351. The van der Waals surface area contributed by atoms with Gasteiger partial charge in [0.05, 0.1) is 0 Å². The molecule has 0 radical (unpaired) electrons. The summed E-state index contributed by atoms with van der Waals surface area (Å²) >= 11 is -0.0589. The average Bonchev–Trinajstić information content (AvgIpc) is 2.35. The van der Waals surface area contributed by atoms with Crippen molar-refractivity contribution in [3.63, 3.8) is 0 Å². The molecule has 0 aliphatic carbocycles. The molecule has 2 rings (SSSR count). The first kappa shape index (κ1) is 21.2.